The highest BCUT2D eigenvalue weighted by atomic mass is 16.5. The normalized spacial score (nSPS) is 31.5. The SMILES string of the molecule is CC(C)N1CCOC(CN2CCN(C(=O)NC3CCC(CN)C3)CC2)C1. The molecular weight excluding hydrogens is 330 g/mol. The number of nitrogens with zero attached hydrogens (tertiary/aromatic N) is 3. The van der Waals surface area contributed by atoms with E-state index < -0.39 is 0 Å². The Morgan fingerprint density at radius 1 is 1.19 bits per heavy atom. The first-order valence-electron chi connectivity index (χ1n) is 10.4. The van der Waals surface area contributed by atoms with Crippen LogP contribution in [0.3, 0.4) is 0 Å². The van der Waals surface area contributed by atoms with Crippen molar-refractivity contribution in [1.82, 2.24) is 20.0 Å². The zero-order valence-electron chi connectivity index (χ0n) is 16.5. The third kappa shape index (κ3) is 5.31. The Hall–Kier alpha value is -0.890. The van der Waals surface area contributed by atoms with Gasteiger partial charge in [-0.2, -0.15) is 0 Å². The van der Waals surface area contributed by atoms with Crippen molar-refractivity contribution in [2.45, 2.75) is 51.3 Å². The number of hydrogen-bond donors (Lipinski definition) is 2. The van der Waals surface area contributed by atoms with Crippen molar-refractivity contribution >= 4 is 6.03 Å². The Morgan fingerprint density at radius 3 is 2.62 bits per heavy atom. The molecule has 0 aromatic heterocycles. The molecule has 0 aromatic rings. The highest BCUT2D eigenvalue weighted by Gasteiger charge is 2.29. The molecule has 3 aliphatic rings. The highest BCUT2D eigenvalue weighted by Crippen LogP contribution is 2.24. The fraction of sp³-hybridized carbons (Fsp3) is 0.947. The van der Waals surface area contributed by atoms with Gasteiger partial charge in [-0.15, -0.1) is 0 Å². The number of urea groups is 1. The van der Waals surface area contributed by atoms with E-state index in [4.69, 9.17) is 10.5 Å². The number of amides is 2. The van der Waals surface area contributed by atoms with Gasteiger partial charge in [-0.1, -0.05) is 0 Å². The fourth-order valence-electron chi connectivity index (χ4n) is 4.43. The first-order valence-corrected chi connectivity index (χ1v) is 10.4. The number of carbonyl (C=O) groups excluding carboxylic acids is 1. The number of ether oxygens (including phenoxy) is 1. The van der Waals surface area contributed by atoms with Gasteiger partial charge in [-0.05, 0) is 45.6 Å². The molecule has 0 aromatic carbocycles. The molecule has 3 unspecified atom stereocenters. The van der Waals surface area contributed by atoms with E-state index in [1.807, 2.05) is 4.90 Å². The minimum Gasteiger partial charge on any atom is -0.374 e. The molecule has 3 atom stereocenters. The molecule has 3 N–H and O–H groups in total. The molecule has 2 saturated heterocycles. The van der Waals surface area contributed by atoms with E-state index in [0.717, 1.165) is 78.2 Å². The summed E-state index contributed by atoms with van der Waals surface area (Å²) in [5.41, 5.74) is 5.74. The van der Waals surface area contributed by atoms with E-state index in [9.17, 15) is 4.79 Å². The van der Waals surface area contributed by atoms with Crippen molar-refractivity contribution in [3.05, 3.63) is 0 Å². The number of nitrogens with one attached hydrogen (secondary N) is 1. The van der Waals surface area contributed by atoms with Gasteiger partial charge in [-0.3, -0.25) is 9.80 Å². The lowest BCUT2D eigenvalue weighted by Crippen LogP contribution is -2.56. The Morgan fingerprint density at radius 2 is 1.96 bits per heavy atom. The van der Waals surface area contributed by atoms with E-state index in [-0.39, 0.29) is 6.03 Å². The minimum atomic E-state index is 0.104. The lowest BCUT2D eigenvalue weighted by molar-refractivity contribution is -0.0552. The van der Waals surface area contributed by atoms with Crippen LogP contribution < -0.4 is 11.1 Å². The molecule has 150 valence electrons. The zero-order chi connectivity index (χ0) is 18.5. The van der Waals surface area contributed by atoms with Gasteiger partial charge >= 0.3 is 6.03 Å². The molecule has 1 saturated carbocycles. The van der Waals surface area contributed by atoms with Crippen LogP contribution in [0, 0.1) is 5.92 Å². The Labute approximate surface area is 158 Å². The molecule has 26 heavy (non-hydrogen) atoms. The lowest BCUT2D eigenvalue weighted by Gasteiger charge is -2.40. The summed E-state index contributed by atoms with van der Waals surface area (Å²) in [6.45, 7) is 12.6. The molecule has 3 fully saturated rings. The Kier molecular flexibility index (Phi) is 7.14. The molecule has 0 spiro atoms. The van der Waals surface area contributed by atoms with Crippen LogP contribution in [-0.4, -0.2) is 97.9 Å². The summed E-state index contributed by atoms with van der Waals surface area (Å²) in [6.07, 6.45) is 3.54. The van der Waals surface area contributed by atoms with Crippen molar-refractivity contribution in [1.29, 1.82) is 0 Å². The predicted molar refractivity (Wildman–Crippen MR) is 103 cm³/mol. The molecule has 0 bridgehead atoms. The molecule has 2 amide bonds. The van der Waals surface area contributed by atoms with E-state index in [0.29, 0.717) is 24.1 Å². The summed E-state index contributed by atoms with van der Waals surface area (Å²) < 4.78 is 5.96. The maximum Gasteiger partial charge on any atom is 0.317 e. The molecule has 2 heterocycles. The number of piperazine rings is 1. The van der Waals surface area contributed by atoms with Crippen molar-refractivity contribution in [3.63, 3.8) is 0 Å². The summed E-state index contributed by atoms with van der Waals surface area (Å²) in [4.78, 5) is 19.4. The van der Waals surface area contributed by atoms with Crippen LogP contribution in [0.2, 0.25) is 0 Å². The topological polar surface area (TPSA) is 74.1 Å². The van der Waals surface area contributed by atoms with Crippen LogP contribution in [0.1, 0.15) is 33.1 Å². The van der Waals surface area contributed by atoms with Crippen molar-refractivity contribution in [2.75, 3.05) is 59.0 Å². The average Bonchev–Trinajstić information content (AvgIpc) is 3.10. The van der Waals surface area contributed by atoms with Gasteiger partial charge in [0, 0.05) is 57.9 Å². The molecule has 3 rings (SSSR count). The Balaban J connectivity index is 1.36. The summed E-state index contributed by atoms with van der Waals surface area (Å²) >= 11 is 0. The quantitative estimate of drug-likeness (QED) is 0.742. The van der Waals surface area contributed by atoms with Crippen LogP contribution in [0.25, 0.3) is 0 Å². The summed E-state index contributed by atoms with van der Waals surface area (Å²) in [7, 11) is 0. The predicted octanol–water partition coefficient (Wildman–Crippen LogP) is 0.550. The van der Waals surface area contributed by atoms with Crippen LogP contribution in [0.4, 0.5) is 4.79 Å². The first-order chi connectivity index (χ1) is 12.5. The molecular formula is C19H37N5O2. The summed E-state index contributed by atoms with van der Waals surface area (Å²) in [5.74, 6) is 0.582. The van der Waals surface area contributed by atoms with Crippen LogP contribution >= 0.6 is 0 Å². The summed E-state index contributed by atoms with van der Waals surface area (Å²) in [6, 6.07) is 0.996. The van der Waals surface area contributed by atoms with Gasteiger partial charge in [0.25, 0.3) is 0 Å². The Bertz CT molecular complexity index is 453. The van der Waals surface area contributed by atoms with Crippen LogP contribution in [0.5, 0.6) is 0 Å². The number of carbonyl (C=O) groups is 1. The third-order valence-corrected chi connectivity index (χ3v) is 6.22. The van der Waals surface area contributed by atoms with E-state index in [2.05, 4.69) is 29.0 Å². The highest BCUT2D eigenvalue weighted by molar-refractivity contribution is 5.74. The van der Waals surface area contributed by atoms with Gasteiger partial charge in [0.1, 0.15) is 0 Å². The molecule has 7 heteroatoms. The monoisotopic (exact) mass is 367 g/mol. The largest absolute Gasteiger partial charge is 0.374 e. The second-order valence-electron chi connectivity index (χ2n) is 8.43. The minimum absolute atomic E-state index is 0.104. The maximum absolute atomic E-state index is 12.5. The number of hydrogen-bond acceptors (Lipinski definition) is 5. The van der Waals surface area contributed by atoms with Gasteiger partial charge in [0.05, 0.1) is 12.7 Å². The molecule has 2 aliphatic heterocycles. The second-order valence-corrected chi connectivity index (χ2v) is 8.43. The van der Waals surface area contributed by atoms with Gasteiger partial charge < -0.3 is 20.7 Å². The smallest absolute Gasteiger partial charge is 0.317 e. The summed E-state index contributed by atoms with van der Waals surface area (Å²) in [5, 5.41) is 3.21. The second kappa shape index (κ2) is 9.35. The third-order valence-electron chi connectivity index (χ3n) is 6.22. The number of nitrogens with two attached hydrogens (primary N) is 1. The fourth-order valence-corrected chi connectivity index (χ4v) is 4.43. The van der Waals surface area contributed by atoms with Crippen LogP contribution in [-0.2, 0) is 4.74 Å². The molecule has 7 nitrogen and oxygen atoms in total. The van der Waals surface area contributed by atoms with E-state index >= 15 is 0 Å². The standard InChI is InChI=1S/C19H37N5O2/c1-15(2)24-9-10-26-18(14-24)13-22-5-7-23(8-6-22)19(25)21-17-4-3-16(11-17)12-20/h15-18H,3-14,20H2,1-2H3,(H,21,25). The van der Waals surface area contributed by atoms with E-state index in [1.165, 1.54) is 0 Å². The van der Waals surface area contributed by atoms with Crippen molar-refractivity contribution in [2.24, 2.45) is 11.7 Å². The van der Waals surface area contributed by atoms with Crippen LogP contribution in [0.15, 0.2) is 0 Å². The number of rotatable bonds is 5. The average molecular weight is 368 g/mol. The van der Waals surface area contributed by atoms with Gasteiger partial charge in [0.2, 0.25) is 0 Å². The first kappa shape index (κ1) is 19.9. The van der Waals surface area contributed by atoms with Crippen molar-refractivity contribution in [3.8, 4) is 0 Å². The van der Waals surface area contributed by atoms with Crippen molar-refractivity contribution < 1.29 is 9.53 Å². The molecule has 1 aliphatic carbocycles. The number of morpholine rings is 1. The maximum atomic E-state index is 12.5. The zero-order valence-corrected chi connectivity index (χ0v) is 16.5. The molecule has 0 radical (unpaired) electrons. The van der Waals surface area contributed by atoms with Gasteiger partial charge in [-0.25, -0.2) is 4.79 Å². The van der Waals surface area contributed by atoms with E-state index in [1.54, 1.807) is 0 Å². The van der Waals surface area contributed by atoms with Gasteiger partial charge in [0.15, 0.2) is 0 Å². The lowest BCUT2D eigenvalue weighted by atomic mass is 10.1.